The molecule has 0 spiro atoms. The van der Waals surface area contributed by atoms with Crippen molar-refractivity contribution in [3.8, 4) is 34.8 Å². The van der Waals surface area contributed by atoms with E-state index in [2.05, 4.69) is 11.8 Å². The van der Waals surface area contributed by atoms with E-state index in [1.807, 2.05) is 0 Å². The van der Waals surface area contributed by atoms with Gasteiger partial charge in [0.25, 0.3) is 0 Å². The summed E-state index contributed by atoms with van der Waals surface area (Å²) in [6, 6.07) is 16.6. The summed E-state index contributed by atoms with van der Waals surface area (Å²) < 4.78 is 20.9. The standard InChI is InChI=1S/C26H22O6/c1-29-20-14-19(15-21(16-20)30-2)25(27)26(28)22-8-6-5-7-18(22)11-9-17-10-12-23(31-3)24(13-17)32-4/h5-8,10,12-16H,1-4H3. The zero-order valence-electron chi connectivity index (χ0n) is 18.2. The highest BCUT2D eigenvalue weighted by atomic mass is 16.5. The molecule has 0 fully saturated rings. The molecular formula is C26H22O6. The maximum Gasteiger partial charge on any atom is 0.234 e. The molecule has 3 rings (SSSR count). The van der Waals surface area contributed by atoms with E-state index in [0.717, 1.165) is 0 Å². The average Bonchev–Trinajstić information content (AvgIpc) is 2.86. The third kappa shape index (κ3) is 4.90. The van der Waals surface area contributed by atoms with Gasteiger partial charge >= 0.3 is 0 Å². The molecule has 0 amide bonds. The smallest absolute Gasteiger partial charge is 0.234 e. The molecule has 0 N–H and O–H groups in total. The summed E-state index contributed by atoms with van der Waals surface area (Å²) in [5.41, 5.74) is 1.50. The minimum Gasteiger partial charge on any atom is -0.497 e. The van der Waals surface area contributed by atoms with Gasteiger partial charge in [0.05, 0.1) is 28.4 Å². The lowest BCUT2D eigenvalue weighted by Crippen LogP contribution is -2.16. The Kier molecular flexibility index (Phi) is 7.14. The average molecular weight is 430 g/mol. The molecule has 0 aromatic heterocycles. The van der Waals surface area contributed by atoms with Gasteiger partial charge in [-0.2, -0.15) is 0 Å². The number of Topliss-reactive ketones (excluding diaryl/α,β-unsaturated/α-hetero) is 2. The number of rotatable bonds is 7. The van der Waals surface area contributed by atoms with E-state index in [1.165, 1.54) is 26.4 Å². The van der Waals surface area contributed by atoms with Crippen molar-refractivity contribution in [3.63, 3.8) is 0 Å². The highest BCUT2D eigenvalue weighted by Crippen LogP contribution is 2.27. The third-order valence-electron chi connectivity index (χ3n) is 4.72. The number of hydrogen-bond donors (Lipinski definition) is 0. The minimum absolute atomic E-state index is 0.175. The first-order valence-corrected chi connectivity index (χ1v) is 9.66. The summed E-state index contributed by atoms with van der Waals surface area (Å²) >= 11 is 0. The van der Waals surface area contributed by atoms with E-state index >= 15 is 0 Å². The Morgan fingerprint density at radius 3 is 1.94 bits per heavy atom. The molecule has 32 heavy (non-hydrogen) atoms. The van der Waals surface area contributed by atoms with E-state index in [-0.39, 0.29) is 11.1 Å². The van der Waals surface area contributed by atoms with Crippen LogP contribution in [0, 0.1) is 11.8 Å². The van der Waals surface area contributed by atoms with Crippen molar-refractivity contribution in [1.29, 1.82) is 0 Å². The van der Waals surface area contributed by atoms with Crippen molar-refractivity contribution in [3.05, 3.63) is 82.9 Å². The van der Waals surface area contributed by atoms with Crippen LogP contribution in [0.15, 0.2) is 60.7 Å². The van der Waals surface area contributed by atoms with Gasteiger partial charge in [-0.25, -0.2) is 0 Å². The van der Waals surface area contributed by atoms with Gasteiger partial charge in [0.1, 0.15) is 11.5 Å². The monoisotopic (exact) mass is 430 g/mol. The molecule has 0 unspecified atom stereocenters. The largest absolute Gasteiger partial charge is 0.497 e. The maximum atomic E-state index is 13.0. The SMILES string of the molecule is COc1cc(OC)cc(C(=O)C(=O)c2ccccc2C#Cc2ccc(OC)c(OC)c2)c1. The van der Waals surface area contributed by atoms with Crippen molar-refractivity contribution in [2.45, 2.75) is 0 Å². The molecule has 0 heterocycles. The fraction of sp³-hybridized carbons (Fsp3) is 0.154. The van der Waals surface area contributed by atoms with Gasteiger partial charge in [-0.3, -0.25) is 9.59 Å². The predicted molar refractivity (Wildman–Crippen MR) is 120 cm³/mol. The maximum absolute atomic E-state index is 13.0. The molecule has 6 nitrogen and oxygen atoms in total. The molecule has 0 aliphatic rings. The van der Waals surface area contributed by atoms with Crippen LogP contribution < -0.4 is 18.9 Å². The molecule has 3 aromatic carbocycles. The first-order chi connectivity index (χ1) is 15.5. The highest BCUT2D eigenvalue weighted by molar-refractivity contribution is 6.49. The van der Waals surface area contributed by atoms with Crippen LogP contribution in [0.3, 0.4) is 0 Å². The fourth-order valence-corrected chi connectivity index (χ4v) is 3.04. The molecule has 6 heteroatoms. The van der Waals surface area contributed by atoms with Crippen LogP contribution in [0.25, 0.3) is 0 Å². The zero-order chi connectivity index (χ0) is 23.1. The van der Waals surface area contributed by atoms with Crippen LogP contribution in [0.4, 0.5) is 0 Å². The Labute approximate surface area is 186 Å². The second-order valence-corrected chi connectivity index (χ2v) is 6.62. The van der Waals surface area contributed by atoms with Gasteiger partial charge in [0.2, 0.25) is 11.6 Å². The predicted octanol–water partition coefficient (Wildman–Crippen LogP) is 4.19. The number of methoxy groups -OCH3 is 4. The molecule has 162 valence electrons. The first kappa shape index (κ1) is 22.4. The van der Waals surface area contributed by atoms with E-state index in [9.17, 15) is 9.59 Å². The van der Waals surface area contributed by atoms with Crippen LogP contribution in [0.1, 0.15) is 31.8 Å². The lowest BCUT2D eigenvalue weighted by Gasteiger charge is -2.08. The van der Waals surface area contributed by atoms with Crippen LogP contribution in [-0.4, -0.2) is 40.0 Å². The van der Waals surface area contributed by atoms with Crippen molar-refractivity contribution in [2.24, 2.45) is 0 Å². The summed E-state index contributed by atoms with van der Waals surface area (Å²) in [7, 11) is 6.05. The second-order valence-electron chi connectivity index (χ2n) is 6.62. The first-order valence-electron chi connectivity index (χ1n) is 9.66. The summed E-state index contributed by atoms with van der Waals surface area (Å²) in [4.78, 5) is 25.9. The molecule has 0 saturated carbocycles. The van der Waals surface area contributed by atoms with Gasteiger partial charge in [-0.1, -0.05) is 24.0 Å². The van der Waals surface area contributed by atoms with Gasteiger partial charge in [-0.15, -0.1) is 0 Å². The van der Waals surface area contributed by atoms with Crippen LogP contribution in [0.2, 0.25) is 0 Å². The zero-order valence-corrected chi connectivity index (χ0v) is 18.2. The normalized spacial score (nSPS) is 9.88. The van der Waals surface area contributed by atoms with E-state index in [0.29, 0.717) is 34.1 Å². The van der Waals surface area contributed by atoms with Gasteiger partial charge < -0.3 is 18.9 Å². The Morgan fingerprint density at radius 2 is 1.31 bits per heavy atom. The van der Waals surface area contributed by atoms with Crippen molar-refractivity contribution in [1.82, 2.24) is 0 Å². The second kappa shape index (κ2) is 10.2. The molecule has 0 aliphatic carbocycles. The molecular weight excluding hydrogens is 408 g/mol. The van der Waals surface area contributed by atoms with Gasteiger partial charge in [-0.05, 0) is 42.5 Å². The Morgan fingerprint density at radius 1 is 0.656 bits per heavy atom. The molecule has 0 bridgehead atoms. The van der Waals surface area contributed by atoms with Crippen molar-refractivity contribution < 1.29 is 28.5 Å². The Balaban J connectivity index is 1.95. The van der Waals surface area contributed by atoms with E-state index in [1.54, 1.807) is 62.8 Å². The molecule has 0 atom stereocenters. The van der Waals surface area contributed by atoms with Crippen LogP contribution in [-0.2, 0) is 0 Å². The number of benzene rings is 3. The highest BCUT2D eigenvalue weighted by Gasteiger charge is 2.22. The minimum atomic E-state index is -0.678. The third-order valence-corrected chi connectivity index (χ3v) is 4.72. The summed E-state index contributed by atoms with van der Waals surface area (Å²) in [5, 5.41) is 0. The lowest BCUT2D eigenvalue weighted by molar-refractivity contribution is 0.0816. The van der Waals surface area contributed by atoms with Gasteiger partial charge in [0.15, 0.2) is 11.5 Å². The Bertz CT molecular complexity index is 1190. The Hall–Kier alpha value is -4.24. The quantitative estimate of drug-likeness (QED) is 0.318. The number of ether oxygens (including phenoxy) is 4. The topological polar surface area (TPSA) is 71.1 Å². The van der Waals surface area contributed by atoms with Crippen molar-refractivity contribution >= 4 is 11.6 Å². The number of carbonyl (C=O) groups excluding carboxylic acids is 2. The van der Waals surface area contributed by atoms with Gasteiger partial charge in [0, 0.05) is 28.3 Å². The van der Waals surface area contributed by atoms with E-state index in [4.69, 9.17) is 18.9 Å². The molecule has 3 aromatic rings. The summed E-state index contributed by atoms with van der Waals surface area (Å²) in [6.07, 6.45) is 0. The number of carbonyl (C=O) groups is 2. The molecule has 0 radical (unpaired) electrons. The van der Waals surface area contributed by atoms with Crippen LogP contribution >= 0.6 is 0 Å². The molecule has 0 saturated heterocycles. The number of ketones is 2. The summed E-state index contributed by atoms with van der Waals surface area (Å²) in [6.45, 7) is 0. The summed E-state index contributed by atoms with van der Waals surface area (Å²) in [5.74, 6) is 6.62. The fourth-order valence-electron chi connectivity index (χ4n) is 3.04. The van der Waals surface area contributed by atoms with Crippen molar-refractivity contribution in [2.75, 3.05) is 28.4 Å². The lowest BCUT2D eigenvalue weighted by atomic mass is 9.97. The van der Waals surface area contributed by atoms with E-state index < -0.39 is 11.6 Å². The molecule has 0 aliphatic heterocycles. The van der Waals surface area contributed by atoms with Crippen LogP contribution in [0.5, 0.6) is 23.0 Å². The number of hydrogen-bond acceptors (Lipinski definition) is 6.